The van der Waals surface area contributed by atoms with Crippen molar-refractivity contribution in [1.82, 2.24) is 20.4 Å². The molecular weight excluding hydrogens is 394 g/mol. The second kappa shape index (κ2) is 10.4. The van der Waals surface area contributed by atoms with Crippen LogP contribution in [0.25, 0.3) is 0 Å². The Morgan fingerprint density at radius 3 is 2.54 bits per heavy atom. The topological polar surface area (TPSA) is 78.4 Å². The number of nitrogens with zero attached hydrogens (tertiary/aromatic N) is 4. The quantitative estimate of drug-likeness (QED) is 0.677. The number of carbonyl (C=O) groups excluding carboxylic acids is 2. The molecule has 3 rings (SSSR count). The first kappa shape index (κ1) is 21.4. The molecule has 1 saturated carbocycles. The highest BCUT2D eigenvalue weighted by Gasteiger charge is 2.26. The summed E-state index contributed by atoms with van der Waals surface area (Å²) in [7, 11) is 0. The van der Waals surface area contributed by atoms with Crippen molar-refractivity contribution in [3.63, 3.8) is 0 Å². The minimum Gasteiger partial charge on any atom is -0.353 e. The summed E-state index contributed by atoms with van der Waals surface area (Å²) < 4.78 is 0.810. The van der Waals surface area contributed by atoms with Gasteiger partial charge in [0.05, 0.1) is 5.75 Å². The van der Waals surface area contributed by atoms with E-state index in [9.17, 15) is 9.59 Å². The summed E-state index contributed by atoms with van der Waals surface area (Å²) in [6, 6.07) is 0.148. The zero-order valence-corrected chi connectivity index (χ0v) is 18.5. The van der Waals surface area contributed by atoms with Crippen LogP contribution in [0.4, 0.5) is 5.13 Å². The van der Waals surface area contributed by atoms with Crippen molar-refractivity contribution in [2.45, 2.75) is 62.8 Å². The van der Waals surface area contributed by atoms with Crippen LogP contribution in [-0.2, 0) is 9.59 Å². The van der Waals surface area contributed by atoms with Crippen LogP contribution in [0.5, 0.6) is 0 Å². The van der Waals surface area contributed by atoms with Gasteiger partial charge in [-0.2, -0.15) is 0 Å². The van der Waals surface area contributed by atoms with Crippen LogP contribution in [0, 0.1) is 5.92 Å². The van der Waals surface area contributed by atoms with E-state index in [0.717, 1.165) is 42.1 Å². The third-order valence-electron chi connectivity index (χ3n) is 5.26. The lowest BCUT2D eigenvalue weighted by Crippen LogP contribution is -2.49. The van der Waals surface area contributed by atoms with Gasteiger partial charge in [-0.05, 0) is 32.6 Å². The number of piperazine rings is 1. The van der Waals surface area contributed by atoms with Crippen molar-refractivity contribution >= 4 is 40.0 Å². The summed E-state index contributed by atoms with van der Waals surface area (Å²) in [5.41, 5.74) is 0. The fraction of sp³-hybridized carbons (Fsp3) is 0.789. The van der Waals surface area contributed by atoms with E-state index in [1.807, 2.05) is 18.7 Å². The average molecular weight is 426 g/mol. The maximum absolute atomic E-state index is 12.6. The van der Waals surface area contributed by atoms with Gasteiger partial charge in [0.15, 0.2) is 4.34 Å². The highest BCUT2D eigenvalue weighted by atomic mass is 32.2. The van der Waals surface area contributed by atoms with Crippen LogP contribution in [0.1, 0.15) is 52.4 Å². The highest BCUT2D eigenvalue weighted by Crippen LogP contribution is 2.29. The Labute approximate surface area is 175 Å². The van der Waals surface area contributed by atoms with Crippen LogP contribution in [-0.4, -0.2) is 64.9 Å². The first-order valence-electron chi connectivity index (χ1n) is 10.3. The fourth-order valence-corrected chi connectivity index (χ4v) is 5.50. The van der Waals surface area contributed by atoms with E-state index in [1.165, 1.54) is 55.2 Å². The Morgan fingerprint density at radius 2 is 1.86 bits per heavy atom. The summed E-state index contributed by atoms with van der Waals surface area (Å²) >= 11 is 2.94. The lowest BCUT2D eigenvalue weighted by atomic mass is 9.86. The van der Waals surface area contributed by atoms with Gasteiger partial charge in [-0.3, -0.25) is 9.59 Å². The molecule has 0 spiro atoms. The van der Waals surface area contributed by atoms with E-state index in [2.05, 4.69) is 20.4 Å². The molecule has 2 heterocycles. The molecule has 1 aliphatic heterocycles. The minimum atomic E-state index is 0.0156. The molecule has 2 aliphatic rings. The fourth-order valence-electron chi connectivity index (χ4n) is 3.79. The molecule has 2 amide bonds. The van der Waals surface area contributed by atoms with Gasteiger partial charge >= 0.3 is 0 Å². The molecule has 7 nitrogen and oxygen atoms in total. The third-order valence-corrected chi connectivity index (χ3v) is 7.38. The predicted molar refractivity (Wildman–Crippen MR) is 114 cm³/mol. The van der Waals surface area contributed by atoms with Gasteiger partial charge in [-0.1, -0.05) is 42.4 Å². The van der Waals surface area contributed by atoms with Crippen molar-refractivity contribution < 1.29 is 9.59 Å². The van der Waals surface area contributed by atoms with Crippen LogP contribution < -0.4 is 10.2 Å². The number of thioether (sulfide) groups is 1. The Balaban J connectivity index is 1.41. The van der Waals surface area contributed by atoms with E-state index >= 15 is 0 Å². The third kappa shape index (κ3) is 6.34. The maximum Gasteiger partial charge on any atom is 0.230 e. The monoisotopic (exact) mass is 425 g/mol. The Kier molecular flexibility index (Phi) is 7.96. The summed E-state index contributed by atoms with van der Waals surface area (Å²) in [4.78, 5) is 28.5. The van der Waals surface area contributed by atoms with Gasteiger partial charge in [0.1, 0.15) is 0 Å². The van der Waals surface area contributed by atoms with Gasteiger partial charge in [0.2, 0.25) is 16.9 Å². The number of anilines is 1. The molecular formula is C19H31N5O2S2. The van der Waals surface area contributed by atoms with Crippen molar-refractivity contribution in [2.75, 3.05) is 36.8 Å². The largest absolute Gasteiger partial charge is 0.353 e. The van der Waals surface area contributed by atoms with Crippen LogP contribution in [0.2, 0.25) is 0 Å². The SMILES string of the molecule is CC(C)NC(=O)CSc1nnc(N2CCN(C(=O)CC3CCCCC3)CC2)s1. The normalized spacial score (nSPS) is 18.5. The molecule has 9 heteroatoms. The van der Waals surface area contributed by atoms with Crippen molar-refractivity contribution in [3.8, 4) is 0 Å². The lowest BCUT2D eigenvalue weighted by molar-refractivity contribution is -0.132. The summed E-state index contributed by atoms with van der Waals surface area (Å²) in [5.74, 6) is 1.28. The summed E-state index contributed by atoms with van der Waals surface area (Å²) in [6.07, 6.45) is 7.04. The van der Waals surface area contributed by atoms with E-state index in [-0.39, 0.29) is 11.9 Å². The molecule has 0 radical (unpaired) electrons. The van der Waals surface area contributed by atoms with Gasteiger partial charge in [0, 0.05) is 38.6 Å². The lowest BCUT2D eigenvalue weighted by Gasteiger charge is -2.35. The smallest absolute Gasteiger partial charge is 0.230 e. The zero-order chi connectivity index (χ0) is 19.9. The zero-order valence-electron chi connectivity index (χ0n) is 16.9. The Hall–Kier alpha value is -1.35. The molecule has 0 unspecified atom stereocenters. The van der Waals surface area contributed by atoms with E-state index < -0.39 is 0 Å². The molecule has 1 aromatic rings. The number of hydrogen-bond acceptors (Lipinski definition) is 7. The van der Waals surface area contributed by atoms with E-state index in [1.54, 1.807) is 0 Å². The molecule has 1 saturated heterocycles. The number of aromatic nitrogens is 2. The number of amides is 2. The highest BCUT2D eigenvalue weighted by molar-refractivity contribution is 8.01. The van der Waals surface area contributed by atoms with Gasteiger partial charge < -0.3 is 15.1 Å². The van der Waals surface area contributed by atoms with Gasteiger partial charge in [-0.15, -0.1) is 10.2 Å². The predicted octanol–water partition coefficient (Wildman–Crippen LogP) is 2.77. The number of carbonyl (C=O) groups is 2. The Bertz CT molecular complexity index is 653. The standard InChI is InChI=1S/C19H31N5O2S2/c1-14(2)20-16(25)13-27-19-22-21-18(28-19)24-10-8-23(9-11-24)17(26)12-15-6-4-3-5-7-15/h14-15H,3-13H2,1-2H3,(H,20,25). The minimum absolute atomic E-state index is 0.0156. The Morgan fingerprint density at radius 1 is 1.14 bits per heavy atom. The van der Waals surface area contributed by atoms with Crippen molar-refractivity contribution in [2.24, 2.45) is 5.92 Å². The van der Waals surface area contributed by atoms with E-state index in [0.29, 0.717) is 17.6 Å². The maximum atomic E-state index is 12.6. The molecule has 1 aliphatic carbocycles. The molecule has 2 fully saturated rings. The number of hydrogen-bond donors (Lipinski definition) is 1. The number of rotatable bonds is 7. The molecule has 1 N–H and O–H groups in total. The van der Waals surface area contributed by atoms with Crippen LogP contribution in [0.3, 0.4) is 0 Å². The second-order valence-corrected chi connectivity index (χ2v) is 10.1. The molecule has 0 atom stereocenters. The first-order valence-corrected chi connectivity index (χ1v) is 12.1. The average Bonchev–Trinajstić information content (AvgIpc) is 3.16. The molecule has 0 aromatic carbocycles. The van der Waals surface area contributed by atoms with Gasteiger partial charge in [-0.25, -0.2) is 0 Å². The van der Waals surface area contributed by atoms with E-state index in [4.69, 9.17) is 0 Å². The summed E-state index contributed by atoms with van der Waals surface area (Å²) in [6.45, 7) is 7.00. The second-order valence-electron chi connectivity index (χ2n) is 7.94. The van der Waals surface area contributed by atoms with Crippen LogP contribution >= 0.6 is 23.1 Å². The van der Waals surface area contributed by atoms with Gasteiger partial charge in [0.25, 0.3) is 0 Å². The van der Waals surface area contributed by atoms with Crippen molar-refractivity contribution in [1.29, 1.82) is 0 Å². The molecule has 156 valence electrons. The molecule has 28 heavy (non-hydrogen) atoms. The number of nitrogens with one attached hydrogen (secondary N) is 1. The first-order chi connectivity index (χ1) is 13.5. The molecule has 0 bridgehead atoms. The summed E-state index contributed by atoms with van der Waals surface area (Å²) in [5, 5.41) is 12.2. The van der Waals surface area contributed by atoms with Crippen LogP contribution in [0.15, 0.2) is 4.34 Å². The molecule has 1 aromatic heterocycles. The van der Waals surface area contributed by atoms with Crippen molar-refractivity contribution in [3.05, 3.63) is 0 Å².